The number of carbonyl (C=O) groups is 1. The van der Waals surface area contributed by atoms with Crippen molar-refractivity contribution in [3.05, 3.63) is 4.88 Å². The summed E-state index contributed by atoms with van der Waals surface area (Å²) in [5.41, 5.74) is 5.75. The fraction of sp³-hybridized carbons (Fsp3) is 0.636. The summed E-state index contributed by atoms with van der Waals surface area (Å²) in [6.45, 7) is 3.84. The van der Waals surface area contributed by atoms with Crippen LogP contribution < -0.4 is 16.4 Å². The van der Waals surface area contributed by atoms with Crippen LogP contribution >= 0.6 is 11.3 Å². The Bertz CT molecular complexity index is 412. The van der Waals surface area contributed by atoms with Gasteiger partial charge in [-0.2, -0.15) is 0 Å². The molecule has 6 heteroatoms. The summed E-state index contributed by atoms with van der Waals surface area (Å²) < 4.78 is 0. The number of nitrogens with two attached hydrogens (primary N) is 1. The molecule has 0 saturated heterocycles. The maximum Gasteiger partial charge on any atom is 0.265 e. The van der Waals surface area contributed by atoms with Crippen molar-refractivity contribution in [1.29, 1.82) is 0 Å². The number of hydrogen-bond donors (Lipinski definition) is 3. The first-order valence-electron chi connectivity index (χ1n) is 5.90. The Morgan fingerprint density at radius 3 is 2.76 bits per heavy atom. The molecule has 1 fully saturated rings. The first-order chi connectivity index (χ1) is 8.06. The Hall–Kier alpha value is -1.30. The molecule has 17 heavy (non-hydrogen) atoms. The molecular weight excluding hydrogens is 236 g/mol. The van der Waals surface area contributed by atoms with E-state index < -0.39 is 0 Å². The van der Waals surface area contributed by atoms with Gasteiger partial charge in [-0.25, -0.2) is 4.98 Å². The van der Waals surface area contributed by atoms with E-state index >= 15 is 0 Å². The van der Waals surface area contributed by atoms with Gasteiger partial charge in [0, 0.05) is 12.1 Å². The lowest BCUT2D eigenvalue weighted by atomic mass is 9.93. The van der Waals surface area contributed by atoms with E-state index in [1.165, 1.54) is 30.6 Å². The number of nitrogens with zero attached hydrogens (tertiary/aromatic N) is 1. The van der Waals surface area contributed by atoms with Gasteiger partial charge in [-0.05, 0) is 33.1 Å². The third kappa shape index (κ3) is 2.88. The van der Waals surface area contributed by atoms with Crippen LogP contribution in [0.4, 0.5) is 10.9 Å². The van der Waals surface area contributed by atoms with Crippen molar-refractivity contribution in [2.24, 2.45) is 0 Å². The normalized spacial score (nSPS) is 15.7. The largest absolute Gasteiger partial charge is 0.382 e. The quantitative estimate of drug-likeness (QED) is 0.765. The minimum atomic E-state index is -0.142. The van der Waals surface area contributed by atoms with Crippen molar-refractivity contribution < 1.29 is 4.79 Å². The third-order valence-corrected chi connectivity index (χ3v) is 3.71. The van der Waals surface area contributed by atoms with Gasteiger partial charge in [0.05, 0.1) is 0 Å². The second-order valence-corrected chi connectivity index (χ2v) is 5.63. The van der Waals surface area contributed by atoms with Gasteiger partial charge in [-0.1, -0.05) is 11.3 Å². The molecule has 0 bridgehead atoms. The van der Waals surface area contributed by atoms with E-state index in [1.54, 1.807) is 0 Å². The zero-order chi connectivity index (χ0) is 12.4. The number of aromatic nitrogens is 1. The number of hydrogen-bond acceptors (Lipinski definition) is 5. The Kier molecular flexibility index (Phi) is 3.51. The maximum atomic E-state index is 11.8. The number of anilines is 2. The molecule has 0 aliphatic heterocycles. The summed E-state index contributed by atoms with van der Waals surface area (Å²) in [7, 11) is 0. The zero-order valence-corrected chi connectivity index (χ0v) is 10.9. The number of amides is 1. The summed E-state index contributed by atoms with van der Waals surface area (Å²) in [5.74, 6) is 0.173. The van der Waals surface area contributed by atoms with Crippen LogP contribution in [-0.4, -0.2) is 23.0 Å². The second kappa shape index (κ2) is 4.91. The van der Waals surface area contributed by atoms with E-state index in [1.807, 2.05) is 13.8 Å². The topological polar surface area (TPSA) is 80.0 Å². The van der Waals surface area contributed by atoms with Gasteiger partial charge in [0.1, 0.15) is 10.7 Å². The van der Waals surface area contributed by atoms with Crippen molar-refractivity contribution >= 4 is 28.2 Å². The van der Waals surface area contributed by atoms with Crippen molar-refractivity contribution in [1.82, 2.24) is 10.3 Å². The number of thiazole rings is 1. The highest BCUT2D eigenvalue weighted by atomic mass is 32.1. The van der Waals surface area contributed by atoms with Gasteiger partial charge < -0.3 is 16.4 Å². The molecule has 1 amide bonds. The molecular formula is C11H18N4OS. The van der Waals surface area contributed by atoms with E-state index in [4.69, 9.17) is 5.73 Å². The lowest BCUT2D eigenvalue weighted by molar-refractivity contribution is 0.0948. The molecule has 1 heterocycles. The minimum Gasteiger partial charge on any atom is -0.382 e. The highest BCUT2D eigenvalue weighted by molar-refractivity contribution is 7.18. The van der Waals surface area contributed by atoms with E-state index in [2.05, 4.69) is 15.6 Å². The average molecular weight is 254 g/mol. The fourth-order valence-corrected chi connectivity index (χ4v) is 2.48. The Balaban J connectivity index is 2.04. The molecule has 1 aromatic heterocycles. The number of carbonyl (C=O) groups excluding carboxylic acids is 1. The van der Waals surface area contributed by atoms with Gasteiger partial charge in [0.2, 0.25) is 0 Å². The molecule has 1 saturated carbocycles. The minimum absolute atomic E-state index is 0.104. The van der Waals surface area contributed by atoms with E-state index in [9.17, 15) is 4.79 Å². The molecule has 5 nitrogen and oxygen atoms in total. The van der Waals surface area contributed by atoms with Crippen LogP contribution in [0.15, 0.2) is 0 Å². The first-order valence-corrected chi connectivity index (χ1v) is 6.71. The molecule has 1 aliphatic rings. The Morgan fingerprint density at radius 1 is 1.53 bits per heavy atom. The molecule has 1 aromatic rings. The number of rotatable bonds is 4. The first kappa shape index (κ1) is 12.2. The van der Waals surface area contributed by atoms with Crippen molar-refractivity contribution in [3.63, 3.8) is 0 Å². The summed E-state index contributed by atoms with van der Waals surface area (Å²) in [6, 6.07) is 0.605. The Morgan fingerprint density at radius 2 is 2.24 bits per heavy atom. The van der Waals surface area contributed by atoms with Gasteiger partial charge in [0.15, 0.2) is 5.13 Å². The molecule has 0 spiro atoms. The van der Waals surface area contributed by atoms with Gasteiger partial charge in [-0.3, -0.25) is 4.79 Å². The van der Waals surface area contributed by atoms with E-state index in [0.717, 1.165) is 5.13 Å². The lowest BCUT2D eigenvalue weighted by Gasteiger charge is -2.25. The SMILES string of the molecule is CC(C)NC(=O)c1sc(NC2CCC2)nc1N. The molecule has 0 atom stereocenters. The average Bonchev–Trinajstić information content (AvgIpc) is 2.52. The van der Waals surface area contributed by atoms with Crippen LogP contribution in [0.3, 0.4) is 0 Å². The van der Waals surface area contributed by atoms with Crippen LogP contribution in [0.1, 0.15) is 42.8 Å². The van der Waals surface area contributed by atoms with Crippen LogP contribution in [0.25, 0.3) is 0 Å². The summed E-state index contributed by atoms with van der Waals surface area (Å²) in [5, 5.41) is 6.86. The maximum absolute atomic E-state index is 11.8. The van der Waals surface area contributed by atoms with Crippen molar-refractivity contribution in [2.75, 3.05) is 11.1 Å². The van der Waals surface area contributed by atoms with E-state index in [-0.39, 0.29) is 11.9 Å². The van der Waals surface area contributed by atoms with Crippen LogP contribution in [-0.2, 0) is 0 Å². The second-order valence-electron chi connectivity index (χ2n) is 4.63. The summed E-state index contributed by atoms with van der Waals surface area (Å²) in [6.07, 6.45) is 3.61. The molecule has 2 rings (SSSR count). The van der Waals surface area contributed by atoms with Gasteiger partial charge in [0.25, 0.3) is 5.91 Å². The van der Waals surface area contributed by atoms with Crippen LogP contribution in [0.2, 0.25) is 0 Å². The van der Waals surface area contributed by atoms with Crippen molar-refractivity contribution in [3.8, 4) is 0 Å². The van der Waals surface area contributed by atoms with Crippen LogP contribution in [0, 0.1) is 0 Å². The standard InChI is InChI=1S/C11H18N4OS/c1-6(2)13-10(16)8-9(12)15-11(17-8)14-7-4-3-5-7/h6-7H,3-5,12H2,1-2H3,(H,13,16)(H,14,15). The lowest BCUT2D eigenvalue weighted by Crippen LogP contribution is -2.29. The summed E-state index contributed by atoms with van der Waals surface area (Å²) in [4.78, 5) is 16.5. The monoisotopic (exact) mass is 254 g/mol. The van der Waals surface area contributed by atoms with Gasteiger partial charge in [-0.15, -0.1) is 0 Å². The Labute approximate surface area is 105 Å². The highest BCUT2D eigenvalue weighted by Gasteiger charge is 2.21. The number of nitrogens with one attached hydrogen (secondary N) is 2. The highest BCUT2D eigenvalue weighted by Crippen LogP contribution is 2.29. The van der Waals surface area contributed by atoms with E-state index in [0.29, 0.717) is 16.7 Å². The predicted molar refractivity (Wildman–Crippen MR) is 70.4 cm³/mol. The molecule has 94 valence electrons. The summed E-state index contributed by atoms with van der Waals surface area (Å²) >= 11 is 1.33. The smallest absolute Gasteiger partial charge is 0.265 e. The fourth-order valence-electron chi connectivity index (χ4n) is 1.61. The third-order valence-electron chi connectivity index (χ3n) is 2.71. The molecule has 4 N–H and O–H groups in total. The molecule has 1 aliphatic carbocycles. The van der Waals surface area contributed by atoms with Gasteiger partial charge >= 0.3 is 0 Å². The molecule has 0 aromatic carbocycles. The molecule has 0 radical (unpaired) electrons. The van der Waals surface area contributed by atoms with Crippen molar-refractivity contribution in [2.45, 2.75) is 45.2 Å². The zero-order valence-electron chi connectivity index (χ0n) is 10.1. The van der Waals surface area contributed by atoms with Crippen LogP contribution in [0.5, 0.6) is 0 Å². The predicted octanol–water partition coefficient (Wildman–Crippen LogP) is 1.83. The number of nitrogen functional groups attached to an aromatic ring is 1. The molecule has 0 unspecified atom stereocenters.